The van der Waals surface area contributed by atoms with Crippen molar-refractivity contribution < 1.29 is 64.2 Å². The van der Waals surface area contributed by atoms with E-state index in [-0.39, 0.29) is 5.56 Å². The maximum atomic E-state index is 12.7. The van der Waals surface area contributed by atoms with Gasteiger partial charge in [-0.1, -0.05) is 0 Å². The molecule has 3 aliphatic heterocycles. The number of phenols is 2. The summed E-state index contributed by atoms with van der Waals surface area (Å²) in [6.07, 6.45) is -7.39. The molecule has 7 N–H and O–H groups in total. The van der Waals surface area contributed by atoms with E-state index in [4.69, 9.17) is 23.7 Å². The fourth-order valence-electron chi connectivity index (χ4n) is 5.13. The number of aliphatic hydroxyl groups is 5. The van der Waals surface area contributed by atoms with Crippen molar-refractivity contribution in [1.82, 2.24) is 0 Å². The lowest BCUT2D eigenvalue weighted by atomic mass is 9.85. The van der Waals surface area contributed by atoms with E-state index < -0.39 is 97.3 Å². The van der Waals surface area contributed by atoms with E-state index in [2.05, 4.69) is 0 Å². The highest BCUT2D eigenvalue weighted by Crippen LogP contribution is 2.60. The van der Waals surface area contributed by atoms with Crippen molar-refractivity contribution >= 4 is 5.97 Å². The molecule has 2 saturated heterocycles. The average Bonchev–Trinajstić information content (AvgIpc) is 3.53. The van der Waals surface area contributed by atoms with Gasteiger partial charge in [0.05, 0.1) is 31.0 Å². The number of fused-ring (bicyclic) bond motifs is 3. The number of esters is 1. The molecule has 1 aromatic carbocycles. The second kappa shape index (κ2) is 8.87. The van der Waals surface area contributed by atoms with Crippen molar-refractivity contribution in [2.45, 2.75) is 54.8 Å². The van der Waals surface area contributed by atoms with Gasteiger partial charge in [-0.25, -0.2) is 4.79 Å². The predicted octanol–water partition coefficient (Wildman–Crippen LogP) is -2.31. The minimum atomic E-state index is -1.67. The third-order valence-corrected chi connectivity index (χ3v) is 7.05. The lowest BCUT2D eigenvalue weighted by Gasteiger charge is -2.43. The Labute approximate surface area is 198 Å². The van der Waals surface area contributed by atoms with Crippen LogP contribution >= 0.6 is 0 Å². The van der Waals surface area contributed by atoms with Crippen molar-refractivity contribution in [3.8, 4) is 11.5 Å². The van der Waals surface area contributed by atoms with Crippen LogP contribution < -0.4 is 0 Å². The topological polar surface area (TPSA) is 208 Å². The van der Waals surface area contributed by atoms with Crippen molar-refractivity contribution in [2.75, 3.05) is 13.2 Å². The summed E-state index contributed by atoms with van der Waals surface area (Å²) >= 11 is 0. The number of hydrogen-bond donors (Lipinski definition) is 7. The lowest BCUT2D eigenvalue weighted by Crippen LogP contribution is -2.60. The average molecular weight is 498 g/mol. The van der Waals surface area contributed by atoms with E-state index in [1.807, 2.05) is 0 Å². The maximum Gasteiger partial charge on any atom is 0.338 e. The summed E-state index contributed by atoms with van der Waals surface area (Å²) in [6, 6.07) is 3.48. The van der Waals surface area contributed by atoms with Crippen LogP contribution in [0.25, 0.3) is 0 Å². The summed E-state index contributed by atoms with van der Waals surface area (Å²) in [5, 5.41) is 69.0. The van der Waals surface area contributed by atoms with Gasteiger partial charge in [-0.2, -0.15) is 0 Å². The number of ether oxygens (including phenoxy) is 5. The minimum Gasteiger partial charge on any atom is -0.504 e. The Hall–Kier alpha value is -2.49. The summed E-state index contributed by atoms with van der Waals surface area (Å²) in [4.78, 5) is 12.7. The van der Waals surface area contributed by atoms with Gasteiger partial charge in [0, 0.05) is 5.92 Å². The molecule has 192 valence electrons. The van der Waals surface area contributed by atoms with Crippen LogP contribution in [0.4, 0.5) is 0 Å². The number of phenolic OH excluding ortho intramolecular Hbond substituents is 2. The number of aliphatic hydroxyl groups excluding tert-OH is 5. The first-order valence-electron chi connectivity index (χ1n) is 11.0. The third kappa shape index (κ3) is 3.84. The zero-order valence-corrected chi connectivity index (χ0v) is 18.2. The molecule has 1 saturated carbocycles. The zero-order valence-electron chi connectivity index (χ0n) is 18.2. The molecule has 0 amide bonds. The summed E-state index contributed by atoms with van der Waals surface area (Å²) < 4.78 is 28.1. The third-order valence-electron chi connectivity index (χ3n) is 7.05. The molecule has 13 heteroatoms. The number of epoxide rings is 1. The Morgan fingerprint density at radius 3 is 2.49 bits per heavy atom. The molecule has 0 radical (unpaired) electrons. The van der Waals surface area contributed by atoms with Crippen LogP contribution in [-0.2, 0) is 23.7 Å². The predicted molar refractivity (Wildman–Crippen MR) is 110 cm³/mol. The molecule has 4 aliphatic rings. The number of carbonyl (C=O) groups excluding carboxylic acids is 1. The van der Waals surface area contributed by atoms with E-state index in [1.165, 1.54) is 12.3 Å². The summed E-state index contributed by atoms with van der Waals surface area (Å²) in [5.74, 6) is -2.94. The maximum absolute atomic E-state index is 12.7. The number of rotatable bonds is 6. The molecule has 0 bridgehead atoms. The molecule has 35 heavy (non-hydrogen) atoms. The van der Waals surface area contributed by atoms with Crippen molar-refractivity contribution in [3.63, 3.8) is 0 Å². The van der Waals surface area contributed by atoms with Crippen molar-refractivity contribution in [2.24, 2.45) is 11.8 Å². The molecule has 0 spiro atoms. The molecule has 1 aliphatic carbocycles. The van der Waals surface area contributed by atoms with Gasteiger partial charge >= 0.3 is 5.97 Å². The van der Waals surface area contributed by atoms with Gasteiger partial charge in [-0.05, 0) is 24.3 Å². The van der Waals surface area contributed by atoms with Crippen LogP contribution in [0, 0.1) is 11.8 Å². The molecular weight excluding hydrogens is 472 g/mol. The van der Waals surface area contributed by atoms with Gasteiger partial charge in [-0.3, -0.25) is 0 Å². The number of aromatic hydroxyl groups is 2. The van der Waals surface area contributed by atoms with Gasteiger partial charge in [0.15, 0.2) is 17.8 Å². The number of hydrogen-bond acceptors (Lipinski definition) is 13. The molecule has 5 rings (SSSR count). The monoisotopic (exact) mass is 498 g/mol. The fraction of sp³-hybridized carbons (Fsp3) is 0.591. The van der Waals surface area contributed by atoms with Crippen LogP contribution in [0.1, 0.15) is 10.4 Å². The molecular formula is C22H26O13. The first kappa shape index (κ1) is 24.2. The summed E-state index contributed by atoms with van der Waals surface area (Å²) in [6.45, 7) is -1.10. The van der Waals surface area contributed by atoms with E-state index in [0.29, 0.717) is 0 Å². The largest absolute Gasteiger partial charge is 0.504 e. The summed E-state index contributed by atoms with van der Waals surface area (Å²) in [5.41, 5.74) is -1.19. The van der Waals surface area contributed by atoms with Gasteiger partial charge in [0.1, 0.15) is 42.2 Å². The lowest BCUT2D eigenvalue weighted by molar-refractivity contribution is -0.344. The van der Waals surface area contributed by atoms with Gasteiger partial charge in [-0.15, -0.1) is 0 Å². The van der Waals surface area contributed by atoms with E-state index in [9.17, 15) is 40.5 Å². The highest BCUT2D eigenvalue weighted by atomic mass is 16.8. The second-order valence-electron chi connectivity index (χ2n) is 8.99. The first-order chi connectivity index (χ1) is 16.7. The molecule has 3 heterocycles. The normalized spacial score (nSPS) is 43.7. The van der Waals surface area contributed by atoms with E-state index in [0.717, 1.165) is 12.1 Å². The zero-order chi connectivity index (χ0) is 25.1. The Bertz CT molecular complexity index is 998. The van der Waals surface area contributed by atoms with Crippen LogP contribution in [0.2, 0.25) is 0 Å². The van der Waals surface area contributed by atoms with Crippen LogP contribution in [0.3, 0.4) is 0 Å². The molecule has 0 unspecified atom stereocenters. The van der Waals surface area contributed by atoms with E-state index in [1.54, 1.807) is 6.08 Å². The van der Waals surface area contributed by atoms with Crippen LogP contribution in [-0.4, -0.2) is 110 Å². The van der Waals surface area contributed by atoms with Gasteiger partial charge in [0.2, 0.25) is 6.29 Å². The number of carbonyl (C=O) groups is 1. The standard InChI is InChI=1S/C22H26O13/c23-6-12-14(27)15(28)16(29)21(32-12)34-20-13-9(3-4-31-20)17(18-22(13,7-24)35-18)33-19(30)8-1-2-10(25)11(26)5-8/h1-5,9,12-18,20-21,23-29H,6-7H2/t9-,12+,13-,14-,15+,16+,17+,18-,20+,21+,22+/m0/s1. The highest BCUT2D eigenvalue weighted by molar-refractivity contribution is 5.90. The Kier molecular flexibility index (Phi) is 6.14. The Morgan fingerprint density at radius 1 is 1.03 bits per heavy atom. The molecule has 3 fully saturated rings. The molecule has 1 aromatic rings. The van der Waals surface area contributed by atoms with Gasteiger partial charge < -0.3 is 59.4 Å². The van der Waals surface area contributed by atoms with Crippen molar-refractivity contribution in [3.05, 3.63) is 36.1 Å². The SMILES string of the molecule is O=C(O[C@@H]1[C@H]2C=CO[C@H](O[C@H]3O[C@H](CO)[C@H](O)[C@@H](O)[C@H]3O)[C@H]2[C@@]2(CO)O[C@@H]12)c1ccc(O)c(O)c1. The Morgan fingerprint density at radius 2 is 1.80 bits per heavy atom. The fourth-order valence-corrected chi connectivity index (χ4v) is 5.13. The van der Waals surface area contributed by atoms with Gasteiger partial charge in [0.25, 0.3) is 0 Å². The Balaban J connectivity index is 1.35. The second-order valence-corrected chi connectivity index (χ2v) is 8.99. The minimum absolute atomic E-state index is 0.0100. The quantitative estimate of drug-likeness (QED) is 0.125. The first-order valence-corrected chi connectivity index (χ1v) is 11.0. The highest BCUT2D eigenvalue weighted by Gasteiger charge is 2.77. The summed E-state index contributed by atoms with van der Waals surface area (Å²) in [7, 11) is 0. The molecule has 11 atom stereocenters. The van der Waals surface area contributed by atoms with Crippen LogP contribution in [0.15, 0.2) is 30.5 Å². The number of benzene rings is 1. The molecule has 13 nitrogen and oxygen atoms in total. The van der Waals surface area contributed by atoms with Crippen molar-refractivity contribution in [1.29, 1.82) is 0 Å². The van der Waals surface area contributed by atoms with Crippen LogP contribution in [0.5, 0.6) is 11.5 Å². The van der Waals surface area contributed by atoms with E-state index >= 15 is 0 Å². The smallest absolute Gasteiger partial charge is 0.338 e. The molecule has 0 aromatic heterocycles.